The Labute approximate surface area is 158 Å². The van der Waals surface area contributed by atoms with Crippen LogP contribution in [0.4, 0.5) is 22.7 Å². The highest BCUT2D eigenvalue weighted by Crippen LogP contribution is 2.36. The van der Waals surface area contributed by atoms with Gasteiger partial charge in [-0.1, -0.05) is 18.2 Å². The zero-order valence-electron chi connectivity index (χ0n) is 15.8. The molecule has 1 heterocycles. The minimum atomic E-state index is 0.634. The van der Waals surface area contributed by atoms with E-state index in [1.54, 1.807) is 0 Å². The third-order valence-corrected chi connectivity index (χ3v) is 4.88. The molecule has 3 aromatic carbocycles. The largest absolute Gasteiger partial charge is 0.397 e. The van der Waals surface area contributed by atoms with Gasteiger partial charge in [-0.3, -0.25) is 0 Å². The Kier molecular flexibility index (Phi) is 4.28. The van der Waals surface area contributed by atoms with E-state index in [0.717, 1.165) is 28.8 Å². The lowest BCUT2D eigenvalue weighted by molar-refractivity contribution is 0.827. The van der Waals surface area contributed by atoms with E-state index in [4.69, 9.17) is 5.73 Å². The lowest BCUT2D eigenvalue weighted by Gasteiger charge is -2.11. The second kappa shape index (κ2) is 6.76. The summed E-state index contributed by atoms with van der Waals surface area (Å²) in [6, 6.07) is 20.4. The fraction of sp³-hybridized carbons (Fsp3) is 0.182. The summed E-state index contributed by atoms with van der Waals surface area (Å²) in [7, 11) is 4.03. The van der Waals surface area contributed by atoms with Crippen LogP contribution in [0.2, 0.25) is 0 Å². The average Bonchev–Trinajstić information content (AvgIpc) is 2.99. The first-order chi connectivity index (χ1) is 13.1. The van der Waals surface area contributed by atoms with E-state index < -0.39 is 0 Å². The normalized spacial score (nSPS) is 11.7. The minimum Gasteiger partial charge on any atom is -0.397 e. The minimum absolute atomic E-state index is 0.634. The number of fused-ring (bicyclic) bond motifs is 3. The van der Waals surface area contributed by atoms with Crippen LogP contribution in [0.5, 0.6) is 0 Å². The average molecular weight is 357 g/mol. The van der Waals surface area contributed by atoms with Gasteiger partial charge in [-0.05, 0) is 49.4 Å². The lowest BCUT2D eigenvalue weighted by atomic mass is 10.1. The molecule has 27 heavy (non-hydrogen) atoms. The smallest absolute Gasteiger partial charge is 0.111 e. The van der Waals surface area contributed by atoms with Crippen LogP contribution in [0.15, 0.2) is 70.9 Å². The number of para-hydroxylation sites is 1. The number of aromatic nitrogens is 1. The monoisotopic (exact) mass is 357 g/mol. The quantitative estimate of drug-likeness (QED) is 0.366. The van der Waals surface area contributed by atoms with E-state index in [9.17, 15) is 0 Å². The van der Waals surface area contributed by atoms with Crippen molar-refractivity contribution in [1.82, 2.24) is 4.57 Å². The van der Waals surface area contributed by atoms with Crippen LogP contribution < -0.4 is 10.6 Å². The fourth-order valence-corrected chi connectivity index (χ4v) is 3.46. The van der Waals surface area contributed by atoms with Gasteiger partial charge in [0, 0.05) is 42.6 Å². The molecule has 5 heteroatoms. The first-order valence-corrected chi connectivity index (χ1v) is 9.08. The third-order valence-electron chi connectivity index (χ3n) is 4.88. The van der Waals surface area contributed by atoms with Crippen LogP contribution in [0.25, 0.3) is 21.8 Å². The first kappa shape index (κ1) is 17.1. The molecule has 5 nitrogen and oxygen atoms in total. The number of benzene rings is 3. The number of nitrogen functional groups attached to an aromatic ring is 1. The third kappa shape index (κ3) is 3.01. The number of rotatable bonds is 4. The molecule has 0 aliphatic carbocycles. The van der Waals surface area contributed by atoms with Crippen LogP contribution in [0.1, 0.15) is 6.92 Å². The Bertz CT molecular complexity index is 1140. The topological polar surface area (TPSA) is 58.9 Å². The molecule has 0 unspecified atom stereocenters. The molecule has 0 atom stereocenters. The summed E-state index contributed by atoms with van der Waals surface area (Å²) in [5, 5.41) is 11.2. The number of nitrogens with two attached hydrogens (primary N) is 1. The molecule has 0 saturated heterocycles. The maximum atomic E-state index is 6.29. The van der Waals surface area contributed by atoms with Gasteiger partial charge in [0.2, 0.25) is 0 Å². The number of aryl methyl sites for hydroxylation is 1. The summed E-state index contributed by atoms with van der Waals surface area (Å²) in [6.07, 6.45) is 0. The van der Waals surface area contributed by atoms with Crippen molar-refractivity contribution in [3.63, 3.8) is 0 Å². The summed E-state index contributed by atoms with van der Waals surface area (Å²) in [6.45, 7) is 3.03. The molecular formula is C22H23N5. The van der Waals surface area contributed by atoms with Gasteiger partial charge in [-0.2, -0.15) is 5.11 Å². The Morgan fingerprint density at radius 3 is 2.33 bits per heavy atom. The molecule has 136 valence electrons. The first-order valence-electron chi connectivity index (χ1n) is 9.08. The molecule has 0 spiro atoms. The molecule has 4 rings (SSSR count). The molecule has 4 aromatic rings. The van der Waals surface area contributed by atoms with Gasteiger partial charge in [0.1, 0.15) is 5.69 Å². The van der Waals surface area contributed by atoms with Crippen molar-refractivity contribution in [3.05, 3.63) is 60.7 Å². The van der Waals surface area contributed by atoms with Crippen molar-refractivity contribution in [2.75, 3.05) is 24.7 Å². The zero-order chi connectivity index (χ0) is 19.0. The van der Waals surface area contributed by atoms with Gasteiger partial charge >= 0.3 is 0 Å². The summed E-state index contributed by atoms with van der Waals surface area (Å²) in [5.74, 6) is 0. The van der Waals surface area contributed by atoms with Crippen molar-refractivity contribution in [1.29, 1.82) is 0 Å². The highest BCUT2D eigenvalue weighted by Gasteiger charge is 2.12. The molecule has 0 bridgehead atoms. The maximum Gasteiger partial charge on any atom is 0.111 e. The van der Waals surface area contributed by atoms with Gasteiger partial charge < -0.3 is 15.2 Å². The molecule has 0 radical (unpaired) electrons. The Morgan fingerprint density at radius 1 is 0.889 bits per heavy atom. The summed E-state index contributed by atoms with van der Waals surface area (Å²) in [5.41, 5.74) is 11.9. The van der Waals surface area contributed by atoms with Crippen molar-refractivity contribution >= 4 is 44.6 Å². The summed E-state index contributed by atoms with van der Waals surface area (Å²) >= 11 is 0. The van der Waals surface area contributed by atoms with Crippen molar-refractivity contribution in [3.8, 4) is 0 Å². The second-order valence-electron chi connectivity index (χ2n) is 6.80. The molecule has 0 aliphatic heterocycles. The predicted octanol–water partition coefficient (Wildman–Crippen LogP) is 5.88. The van der Waals surface area contributed by atoms with Crippen molar-refractivity contribution in [2.45, 2.75) is 13.5 Å². The zero-order valence-corrected chi connectivity index (χ0v) is 15.8. The number of azo groups is 1. The van der Waals surface area contributed by atoms with Crippen molar-refractivity contribution < 1.29 is 0 Å². The van der Waals surface area contributed by atoms with Gasteiger partial charge in [0.25, 0.3) is 0 Å². The van der Waals surface area contributed by atoms with E-state index in [-0.39, 0.29) is 0 Å². The van der Waals surface area contributed by atoms with Crippen molar-refractivity contribution in [2.24, 2.45) is 10.2 Å². The predicted molar refractivity (Wildman–Crippen MR) is 114 cm³/mol. The SMILES string of the molecule is CCn1c2ccccc2c2cc(N)c(N=Nc3ccc(N(C)C)cc3)cc21. The van der Waals surface area contributed by atoms with Crippen LogP contribution >= 0.6 is 0 Å². The standard InChI is InChI=1S/C22H23N5/c1-4-27-21-8-6-5-7-17(21)18-13-19(23)20(14-22(18)27)25-24-15-9-11-16(12-10-15)26(2)3/h5-14H,4,23H2,1-3H3. The van der Waals surface area contributed by atoms with Crippen LogP contribution in [-0.4, -0.2) is 18.7 Å². The van der Waals surface area contributed by atoms with Gasteiger partial charge in [0.15, 0.2) is 0 Å². The fourth-order valence-electron chi connectivity index (χ4n) is 3.46. The van der Waals surface area contributed by atoms with E-state index in [2.05, 4.69) is 50.9 Å². The molecule has 0 fully saturated rings. The number of nitrogens with zero attached hydrogens (tertiary/aromatic N) is 4. The van der Waals surface area contributed by atoms with Gasteiger partial charge in [0.05, 0.1) is 16.9 Å². The Hall–Kier alpha value is -3.34. The van der Waals surface area contributed by atoms with E-state index >= 15 is 0 Å². The molecule has 1 aromatic heterocycles. The van der Waals surface area contributed by atoms with Gasteiger partial charge in [-0.15, -0.1) is 5.11 Å². The summed E-state index contributed by atoms with van der Waals surface area (Å²) in [4.78, 5) is 2.05. The van der Waals surface area contributed by atoms with Crippen LogP contribution in [-0.2, 0) is 6.54 Å². The number of hydrogen-bond acceptors (Lipinski definition) is 4. The molecule has 0 aliphatic rings. The van der Waals surface area contributed by atoms with Gasteiger partial charge in [-0.25, -0.2) is 0 Å². The molecule has 2 N–H and O–H groups in total. The van der Waals surface area contributed by atoms with E-state index in [1.165, 1.54) is 10.9 Å². The van der Waals surface area contributed by atoms with E-state index in [1.807, 2.05) is 50.5 Å². The Morgan fingerprint density at radius 2 is 1.63 bits per heavy atom. The van der Waals surface area contributed by atoms with Crippen LogP contribution in [0.3, 0.4) is 0 Å². The second-order valence-corrected chi connectivity index (χ2v) is 6.80. The highest BCUT2D eigenvalue weighted by molar-refractivity contribution is 6.10. The maximum absolute atomic E-state index is 6.29. The molecule has 0 saturated carbocycles. The molecule has 0 amide bonds. The summed E-state index contributed by atoms with van der Waals surface area (Å²) < 4.78 is 2.29. The Balaban J connectivity index is 1.78. The molecular weight excluding hydrogens is 334 g/mol. The lowest BCUT2D eigenvalue weighted by Crippen LogP contribution is -2.07. The van der Waals surface area contributed by atoms with E-state index in [0.29, 0.717) is 11.4 Å². The number of anilines is 2. The van der Waals surface area contributed by atoms with Crippen LogP contribution in [0, 0.1) is 0 Å². The number of hydrogen-bond donors (Lipinski definition) is 1. The highest BCUT2D eigenvalue weighted by atomic mass is 15.1.